The van der Waals surface area contributed by atoms with Crippen LogP contribution in [0.2, 0.25) is 0 Å². The second-order valence-corrected chi connectivity index (χ2v) is 10.1. The molecule has 0 fully saturated rings. The molecule has 0 radical (unpaired) electrons. The van der Waals surface area contributed by atoms with Crippen LogP contribution < -0.4 is 0 Å². The van der Waals surface area contributed by atoms with E-state index in [1.807, 2.05) is 13.0 Å². The molecule has 7 aromatic rings. The van der Waals surface area contributed by atoms with Gasteiger partial charge in [0, 0.05) is 10.8 Å². The van der Waals surface area contributed by atoms with Gasteiger partial charge in [-0.05, 0) is 80.1 Å². The summed E-state index contributed by atoms with van der Waals surface area (Å²) in [6, 6.07) is 41.2. The first-order chi connectivity index (χ1) is 19.8. The Bertz CT molecular complexity index is 2060. The Balaban J connectivity index is 1.53. The minimum Gasteiger partial charge on any atom is -0.456 e. The lowest BCUT2D eigenvalue weighted by Gasteiger charge is -2.17. The van der Waals surface area contributed by atoms with Crippen molar-refractivity contribution in [3.63, 3.8) is 0 Å². The van der Waals surface area contributed by atoms with E-state index in [1.54, 1.807) is 0 Å². The summed E-state index contributed by atoms with van der Waals surface area (Å²) in [5.41, 5.74) is 8.91. The average Bonchev–Trinajstić information content (AvgIpc) is 3.38. The van der Waals surface area contributed by atoms with Crippen LogP contribution in [0, 0.1) is 0 Å². The molecule has 0 spiro atoms. The number of hydrogen-bond donors (Lipinski definition) is 0. The predicted octanol–water partition coefficient (Wildman–Crippen LogP) is 11.4. The van der Waals surface area contributed by atoms with Gasteiger partial charge in [-0.2, -0.15) is 0 Å². The van der Waals surface area contributed by atoms with Crippen LogP contribution in [0.3, 0.4) is 0 Å². The summed E-state index contributed by atoms with van der Waals surface area (Å²) in [6.07, 6.45) is 8.07. The molecule has 40 heavy (non-hydrogen) atoms. The molecule has 1 aromatic heterocycles. The molecular weight excluding hydrogens is 484 g/mol. The van der Waals surface area contributed by atoms with Gasteiger partial charge in [0.15, 0.2) is 0 Å². The minimum absolute atomic E-state index is 0.887. The fourth-order valence-corrected chi connectivity index (χ4v) is 6.12. The number of allylic oxidation sites excluding steroid dienone is 5. The number of furan rings is 1. The van der Waals surface area contributed by atoms with E-state index in [9.17, 15) is 0 Å². The molecule has 1 heteroatoms. The SMILES string of the molecule is C=C/C=C(\C=C/C)c1cccc2oc3cc(-c4c5ccccc5c(-c5ccccc5)c5ccccc45)ccc3c12. The molecule has 190 valence electrons. The third kappa shape index (κ3) is 3.79. The lowest BCUT2D eigenvalue weighted by molar-refractivity contribution is 0.669. The first-order valence-electron chi connectivity index (χ1n) is 13.7. The maximum absolute atomic E-state index is 6.50. The van der Waals surface area contributed by atoms with Crippen molar-refractivity contribution in [3.05, 3.63) is 152 Å². The predicted molar refractivity (Wildman–Crippen MR) is 173 cm³/mol. The zero-order chi connectivity index (χ0) is 27.1. The van der Waals surface area contributed by atoms with Crippen molar-refractivity contribution < 1.29 is 4.42 Å². The summed E-state index contributed by atoms with van der Waals surface area (Å²) in [4.78, 5) is 0. The Labute approximate surface area is 234 Å². The van der Waals surface area contributed by atoms with E-state index in [4.69, 9.17) is 4.42 Å². The largest absolute Gasteiger partial charge is 0.456 e. The highest BCUT2D eigenvalue weighted by Gasteiger charge is 2.18. The first-order valence-corrected chi connectivity index (χ1v) is 13.7. The summed E-state index contributed by atoms with van der Waals surface area (Å²) < 4.78 is 6.50. The van der Waals surface area contributed by atoms with Crippen molar-refractivity contribution in [3.8, 4) is 22.3 Å². The molecule has 0 unspecified atom stereocenters. The van der Waals surface area contributed by atoms with Gasteiger partial charge in [0.1, 0.15) is 11.2 Å². The molecule has 0 amide bonds. The summed E-state index contributed by atoms with van der Waals surface area (Å²) in [7, 11) is 0. The van der Waals surface area contributed by atoms with E-state index in [2.05, 4.69) is 140 Å². The fourth-order valence-electron chi connectivity index (χ4n) is 6.12. The lowest BCUT2D eigenvalue weighted by atomic mass is 9.86. The summed E-state index contributed by atoms with van der Waals surface area (Å²) in [6.45, 7) is 5.96. The molecule has 0 saturated heterocycles. The Morgan fingerprint density at radius 1 is 0.600 bits per heavy atom. The Morgan fingerprint density at radius 2 is 1.23 bits per heavy atom. The zero-order valence-corrected chi connectivity index (χ0v) is 22.4. The lowest BCUT2D eigenvalue weighted by Crippen LogP contribution is -1.90. The molecule has 0 atom stereocenters. The van der Waals surface area contributed by atoms with Crippen LogP contribution >= 0.6 is 0 Å². The number of fused-ring (bicyclic) bond motifs is 5. The van der Waals surface area contributed by atoms with Gasteiger partial charge in [0.05, 0.1) is 0 Å². The number of benzene rings is 6. The standard InChI is InChI=1S/C39H28O/c1-3-13-26(14-4-2)29-21-12-22-35-39(29)34-24-23-28(25-36(34)40-35)38-32-19-10-8-17-30(32)37(27-15-6-5-7-16-27)31-18-9-11-20-33(31)38/h3-25H,1H2,2H3/b14-4-,26-13+. The van der Waals surface area contributed by atoms with Gasteiger partial charge in [-0.1, -0.05) is 128 Å². The van der Waals surface area contributed by atoms with Crippen molar-refractivity contribution >= 4 is 49.1 Å². The smallest absolute Gasteiger partial charge is 0.136 e. The van der Waals surface area contributed by atoms with Crippen LogP contribution in [0.1, 0.15) is 12.5 Å². The van der Waals surface area contributed by atoms with Crippen LogP contribution in [0.25, 0.3) is 71.3 Å². The van der Waals surface area contributed by atoms with Gasteiger partial charge in [-0.15, -0.1) is 0 Å². The summed E-state index contributed by atoms with van der Waals surface area (Å²) >= 11 is 0. The van der Waals surface area contributed by atoms with Crippen molar-refractivity contribution in [2.75, 3.05) is 0 Å². The third-order valence-electron chi connectivity index (χ3n) is 7.73. The summed E-state index contributed by atoms with van der Waals surface area (Å²) in [5, 5.41) is 7.22. The van der Waals surface area contributed by atoms with Crippen molar-refractivity contribution in [2.45, 2.75) is 6.92 Å². The van der Waals surface area contributed by atoms with Gasteiger partial charge < -0.3 is 4.42 Å². The molecule has 1 heterocycles. The van der Waals surface area contributed by atoms with Crippen molar-refractivity contribution in [2.24, 2.45) is 0 Å². The number of rotatable bonds is 5. The normalized spacial score (nSPS) is 12.3. The molecule has 0 N–H and O–H groups in total. The Kier molecular flexibility index (Phi) is 5.91. The van der Waals surface area contributed by atoms with Gasteiger partial charge in [0.2, 0.25) is 0 Å². The highest BCUT2D eigenvalue weighted by molar-refractivity contribution is 6.22. The van der Waals surface area contributed by atoms with Crippen LogP contribution in [0.5, 0.6) is 0 Å². The Morgan fingerprint density at radius 3 is 1.85 bits per heavy atom. The first kappa shape index (κ1) is 23.9. The van der Waals surface area contributed by atoms with Crippen LogP contribution in [-0.4, -0.2) is 0 Å². The fraction of sp³-hybridized carbons (Fsp3) is 0.0256. The highest BCUT2D eigenvalue weighted by atomic mass is 16.3. The molecule has 1 nitrogen and oxygen atoms in total. The van der Waals surface area contributed by atoms with Gasteiger partial charge in [-0.25, -0.2) is 0 Å². The molecule has 7 rings (SSSR count). The highest BCUT2D eigenvalue weighted by Crippen LogP contribution is 2.45. The second kappa shape index (κ2) is 9.87. The minimum atomic E-state index is 0.887. The zero-order valence-electron chi connectivity index (χ0n) is 22.4. The van der Waals surface area contributed by atoms with E-state index in [1.165, 1.54) is 38.2 Å². The van der Waals surface area contributed by atoms with Crippen LogP contribution in [0.15, 0.2) is 151 Å². The van der Waals surface area contributed by atoms with Gasteiger partial charge in [-0.3, -0.25) is 0 Å². The maximum Gasteiger partial charge on any atom is 0.136 e. The quantitative estimate of drug-likeness (QED) is 0.165. The van der Waals surface area contributed by atoms with Crippen LogP contribution in [-0.2, 0) is 0 Å². The maximum atomic E-state index is 6.50. The van der Waals surface area contributed by atoms with Crippen LogP contribution in [0.4, 0.5) is 0 Å². The van der Waals surface area contributed by atoms with Crippen molar-refractivity contribution in [1.82, 2.24) is 0 Å². The van der Waals surface area contributed by atoms with Crippen molar-refractivity contribution in [1.29, 1.82) is 0 Å². The molecular formula is C39H28O. The Hall–Kier alpha value is -5.14. The number of hydrogen-bond acceptors (Lipinski definition) is 1. The van der Waals surface area contributed by atoms with E-state index in [-0.39, 0.29) is 0 Å². The monoisotopic (exact) mass is 512 g/mol. The second-order valence-electron chi connectivity index (χ2n) is 10.1. The topological polar surface area (TPSA) is 13.1 Å². The van der Waals surface area contributed by atoms with E-state index in [0.29, 0.717) is 0 Å². The molecule has 0 aliphatic carbocycles. The van der Waals surface area contributed by atoms with E-state index < -0.39 is 0 Å². The van der Waals surface area contributed by atoms with E-state index >= 15 is 0 Å². The average molecular weight is 513 g/mol. The van der Waals surface area contributed by atoms with E-state index in [0.717, 1.165) is 38.6 Å². The summed E-state index contributed by atoms with van der Waals surface area (Å²) in [5.74, 6) is 0. The molecule has 0 aliphatic rings. The molecule has 0 aliphatic heterocycles. The molecule has 6 aromatic carbocycles. The van der Waals surface area contributed by atoms with Gasteiger partial charge >= 0.3 is 0 Å². The van der Waals surface area contributed by atoms with Gasteiger partial charge in [0.25, 0.3) is 0 Å². The molecule has 0 bridgehead atoms. The molecule has 0 saturated carbocycles. The third-order valence-corrected chi connectivity index (χ3v) is 7.73.